The molecule has 0 radical (unpaired) electrons. The van der Waals surface area contributed by atoms with Gasteiger partial charge < -0.3 is 14.8 Å². The summed E-state index contributed by atoms with van der Waals surface area (Å²) in [5, 5.41) is 3.65. The van der Waals surface area contributed by atoms with Crippen molar-refractivity contribution in [2.75, 3.05) is 18.5 Å². The fourth-order valence-electron chi connectivity index (χ4n) is 2.09. The van der Waals surface area contributed by atoms with Gasteiger partial charge in [0.2, 0.25) is 0 Å². The number of ether oxygens (including phenoxy) is 2. The van der Waals surface area contributed by atoms with Gasteiger partial charge in [-0.3, -0.25) is 4.79 Å². The number of hydrogen-bond acceptors (Lipinski definition) is 3. The van der Waals surface area contributed by atoms with Gasteiger partial charge in [-0.1, -0.05) is 30.1 Å². The summed E-state index contributed by atoms with van der Waals surface area (Å²) in [6.07, 6.45) is 0.869. The van der Waals surface area contributed by atoms with E-state index in [0.29, 0.717) is 50.5 Å². The molecule has 0 fully saturated rings. The third kappa shape index (κ3) is 5.27. The minimum Gasteiger partial charge on any atom is -0.490 e. The second kappa shape index (κ2) is 9.32. The van der Waals surface area contributed by atoms with Crippen molar-refractivity contribution in [2.45, 2.75) is 20.3 Å². The van der Waals surface area contributed by atoms with Crippen molar-refractivity contribution in [3.63, 3.8) is 0 Å². The van der Waals surface area contributed by atoms with E-state index in [1.807, 2.05) is 13.8 Å². The summed E-state index contributed by atoms with van der Waals surface area (Å²) in [4.78, 5) is 12.6. The highest BCUT2D eigenvalue weighted by atomic mass is 79.9. The van der Waals surface area contributed by atoms with Gasteiger partial charge in [-0.2, -0.15) is 0 Å². The topological polar surface area (TPSA) is 47.6 Å². The standard InChI is InChI=1S/C18H18BrCl2NO3/c1-3-7-25-17-13(19)8-11(9-16(17)24-4-2)18(23)22-15-10-12(20)5-6-14(15)21/h5-6,8-10H,3-4,7H2,1-2H3,(H,22,23). The van der Waals surface area contributed by atoms with Crippen molar-refractivity contribution >= 4 is 50.7 Å². The van der Waals surface area contributed by atoms with Crippen LogP contribution in [0.1, 0.15) is 30.6 Å². The van der Waals surface area contributed by atoms with Crippen molar-refractivity contribution in [3.8, 4) is 11.5 Å². The Morgan fingerprint density at radius 3 is 2.60 bits per heavy atom. The molecule has 2 rings (SSSR count). The first kappa shape index (κ1) is 19.9. The van der Waals surface area contributed by atoms with E-state index in [0.717, 1.165) is 6.42 Å². The molecule has 0 heterocycles. The van der Waals surface area contributed by atoms with Gasteiger partial charge in [-0.15, -0.1) is 0 Å². The molecule has 1 amide bonds. The number of carbonyl (C=O) groups is 1. The second-order valence-corrected chi connectivity index (χ2v) is 6.84. The molecule has 7 heteroatoms. The quantitative estimate of drug-likeness (QED) is 0.551. The van der Waals surface area contributed by atoms with E-state index in [2.05, 4.69) is 21.2 Å². The maximum atomic E-state index is 12.6. The van der Waals surface area contributed by atoms with Gasteiger partial charge in [0.05, 0.1) is 28.4 Å². The van der Waals surface area contributed by atoms with E-state index >= 15 is 0 Å². The lowest BCUT2D eigenvalue weighted by Gasteiger charge is -2.15. The highest BCUT2D eigenvalue weighted by Crippen LogP contribution is 2.37. The van der Waals surface area contributed by atoms with E-state index in [-0.39, 0.29) is 5.91 Å². The average Bonchev–Trinajstić information content (AvgIpc) is 2.57. The molecule has 25 heavy (non-hydrogen) atoms. The zero-order chi connectivity index (χ0) is 18.4. The van der Waals surface area contributed by atoms with E-state index < -0.39 is 0 Å². The van der Waals surface area contributed by atoms with Crippen LogP contribution in [-0.2, 0) is 0 Å². The molecular formula is C18H18BrCl2NO3. The molecule has 0 aromatic heterocycles. The Balaban J connectivity index is 2.31. The maximum absolute atomic E-state index is 12.6. The van der Waals surface area contributed by atoms with Gasteiger partial charge in [-0.05, 0) is 59.6 Å². The summed E-state index contributed by atoms with van der Waals surface area (Å²) in [6.45, 7) is 4.91. The maximum Gasteiger partial charge on any atom is 0.255 e. The van der Waals surface area contributed by atoms with Gasteiger partial charge in [-0.25, -0.2) is 0 Å². The van der Waals surface area contributed by atoms with E-state index in [1.54, 1.807) is 30.3 Å². The number of nitrogens with one attached hydrogen (secondary N) is 1. The first-order chi connectivity index (χ1) is 12.0. The lowest BCUT2D eigenvalue weighted by molar-refractivity contribution is 0.102. The van der Waals surface area contributed by atoms with Crippen LogP contribution in [0.2, 0.25) is 10.0 Å². The van der Waals surface area contributed by atoms with Crippen LogP contribution < -0.4 is 14.8 Å². The minimum atomic E-state index is -0.326. The van der Waals surface area contributed by atoms with Crippen LogP contribution in [0, 0.1) is 0 Å². The highest BCUT2D eigenvalue weighted by Gasteiger charge is 2.17. The first-order valence-electron chi connectivity index (χ1n) is 7.81. The Morgan fingerprint density at radius 2 is 1.92 bits per heavy atom. The smallest absolute Gasteiger partial charge is 0.255 e. The molecule has 0 saturated carbocycles. The normalized spacial score (nSPS) is 10.4. The molecule has 0 aliphatic carbocycles. The molecule has 0 unspecified atom stereocenters. The summed E-state index contributed by atoms with van der Waals surface area (Å²) in [5.41, 5.74) is 0.856. The molecule has 0 saturated heterocycles. The predicted molar refractivity (Wildman–Crippen MR) is 106 cm³/mol. The van der Waals surface area contributed by atoms with E-state index in [4.69, 9.17) is 32.7 Å². The first-order valence-corrected chi connectivity index (χ1v) is 9.36. The molecule has 2 aromatic carbocycles. The summed E-state index contributed by atoms with van der Waals surface area (Å²) in [5.74, 6) is 0.765. The fourth-order valence-corrected chi connectivity index (χ4v) is 2.99. The number of benzene rings is 2. The van der Waals surface area contributed by atoms with Crippen molar-refractivity contribution < 1.29 is 14.3 Å². The zero-order valence-corrected chi connectivity index (χ0v) is 17.0. The molecule has 1 N–H and O–H groups in total. The number of anilines is 1. The van der Waals surface area contributed by atoms with Crippen molar-refractivity contribution in [1.29, 1.82) is 0 Å². The third-order valence-corrected chi connectivity index (χ3v) is 4.35. The van der Waals surface area contributed by atoms with Gasteiger partial charge in [0.15, 0.2) is 11.5 Å². The van der Waals surface area contributed by atoms with Gasteiger partial charge in [0.1, 0.15) is 0 Å². The molecule has 0 aliphatic heterocycles. The van der Waals surface area contributed by atoms with Crippen LogP contribution >= 0.6 is 39.1 Å². The Morgan fingerprint density at radius 1 is 1.16 bits per heavy atom. The van der Waals surface area contributed by atoms with Crippen LogP contribution in [0.5, 0.6) is 11.5 Å². The second-order valence-electron chi connectivity index (χ2n) is 5.15. The van der Waals surface area contributed by atoms with Gasteiger partial charge in [0.25, 0.3) is 5.91 Å². The Bertz CT molecular complexity index is 768. The average molecular weight is 447 g/mol. The van der Waals surface area contributed by atoms with Gasteiger partial charge >= 0.3 is 0 Å². The van der Waals surface area contributed by atoms with Crippen LogP contribution in [-0.4, -0.2) is 19.1 Å². The number of rotatable bonds is 7. The fraction of sp³-hybridized carbons (Fsp3) is 0.278. The molecule has 0 bridgehead atoms. The van der Waals surface area contributed by atoms with Crippen LogP contribution in [0.3, 0.4) is 0 Å². The number of hydrogen-bond donors (Lipinski definition) is 1. The van der Waals surface area contributed by atoms with Crippen molar-refractivity contribution in [1.82, 2.24) is 0 Å². The van der Waals surface area contributed by atoms with E-state index in [9.17, 15) is 4.79 Å². The summed E-state index contributed by atoms with van der Waals surface area (Å²) < 4.78 is 12.0. The Hall–Kier alpha value is -1.43. The van der Waals surface area contributed by atoms with Crippen molar-refractivity contribution in [2.24, 2.45) is 0 Å². The zero-order valence-electron chi connectivity index (χ0n) is 13.9. The number of halogens is 3. The lowest BCUT2D eigenvalue weighted by atomic mass is 10.1. The van der Waals surface area contributed by atoms with Crippen molar-refractivity contribution in [3.05, 3.63) is 50.4 Å². The molecular weight excluding hydrogens is 429 g/mol. The number of amides is 1. The monoisotopic (exact) mass is 445 g/mol. The van der Waals surface area contributed by atoms with Crippen LogP contribution in [0.4, 0.5) is 5.69 Å². The Labute approximate surface area is 165 Å². The molecule has 4 nitrogen and oxygen atoms in total. The largest absolute Gasteiger partial charge is 0.490 e. The van der Waals surface area contributed by atoms with E-state index in [1.165, 1.54) is 0 Å². The lowest BCUT2D eigenvalue weighted by Crippen LogP contribution is -2.13. The molecule has 0 atom stereocenters. The summed E-state index contributed by atoms with van der Waals surface area (Å²) in [7, 11) is 0. The molecule has 2 aromatic rings. The van der Waals surface area contributed by atoms with Crippen LogP contribution in [0.15, 0.2) is 34.8 Å². The predicted octanol–water partition coefficient (Wildman–Crippen LogP) is 6.20. The Kier molecular flexibility index (Phi) is 7.41. The minimum absolute atomic E-state index is 0.326. The molecule has 0 aliphatic rings. The van der Waals surface area contributed by atoms with Gasteiger partial charge in [0, 0.05) is 10.6 Å². The SMILES string of the molecule is CCCOc1c(Br)cc(C(=O)Nc2cc(Cl)ccc2Cl)cc1OCC. The molecule has 134 valence electrons. The third-order valence-electron chi connectivity index (χ3n) is 3.20. The summed E-state index contributed by atoms with van der Waals surface area (Å²) >= 11 is 15.5. The van der Waals surface area contributed by atoms with Crippen LogP contribution in [0.25, 0.3) is 0 Å². The molecule has 0 spiro atoms. The number of carbonyl (C=O) groups excluding carboxylic acids is 1. The highest BCUT2D eigenvalue weighted by molar-refractivity contribution is 9.10. The summed E-state index contributed by atoms with van der Waals surface area (Å²) in [6, 6.07) is 8.21.